The number of rotatable bonds is 4. The number of amides is 1. The Morgan fingerprint density at radius 2 is 2.24 bits per heavy atom. The Kier molecular flexibility index (Phi) is 5.16. The number of carbonyl (C=O) groups excluding carboxylic acids is 2. The van der Waals surface area contributed by atoms with Crippen molar-refractivity contribution in [3.05, 3.63) is 29.8 Å². The van der Waals surface area contributed by atoms with Crippen molar-refractivity contribution in [2.24, 2.45) is 0 Å². The number of morpholine rings is 1. The van der Waals surface area contributed by atoms with Gasteiger partial charge in [-0.15, -0.1) is 0 Å². The minimum absolute atomic E-state index is 0.114. The zero-order valence-electron chi connectivity index (χ0n) is 12.2. The van der Waals surface area contributed by atoms with Crippen molar-refractivity contribution in [2.45, 2.75) is 13.0 Å². The van der Waals surface area contributed by atoms with Crippen LogP contribution in [0.4, 0.5) is 0 Å². The van der Waals surface area contributed by atoms with E-state index in [9.17, 15) is 9.59 Å². The third kappa shape index (κ3) is 3.95. The predicted octanol–water partition coefficient (Wildman–Crippen LogP) is 0.774. The maximum atomic E-state index is 12.2. The van der Waals surface area contributed by atoms with Crippen molar-refractivity contribution in [1.82, 2.24) is 4.90 Å². The van der Waals surface area contributed by atoms with Gasteiger partial charge in [0.25, 0.3) is 5.91 Å². The van der Waals surface area contributed by atoms with Gasteiger partial charge in [0, 0.05) is 6.54 Å². The van der Waals surface area contributed by atoms with E-state index < -0.39 is 12.0 Å². The Morgan fingerprint density at radius 3 is 2.95 bits per heavy atom. The molecule has 1 aliphatic heterocycles. The average molecular weight is 293 g/mol. The molecule has 21 heavy (non-hydrogen) atoms. The number of carbonyl (C=O) groups is 2. The molecule has 1 aromatic rings. The first kappa shape index (κ1) is 15.3. The number of esters is 1. The lowest BCUT2D eigenvalue weighted by molar-refractivity contribution is -0.161. The van der Waals surface area contributed by atoms with E-state index in [-0.39, 0.29) is 19.1 Å². The van der Waals surface area contributed by atoms with E-state index in [1.165, 1.54) is 12.0 Å². The fourth-order valence-corrected chi connectivity index (χ4v) is 2.17. The molecule has 1 fully saturated rings. The first-order valence-corrected chi connectivity index (χ1v) is 6.76. The highest BCUT2D eigenvalue weighted by Gasteiger charge is 2.33. The highest BCUT2D eigenvalue weighted by atomic mass is 16.5. The van der Waals surface area contributed by atoms with Gasteiger partial charge >= 0.3 is 5.97 Å². The molecule has 0 aromatic heterocycles. The van der Waals surface area contributed by atoms with Gasteiger partial charge in [-0.2, -0.15) is 0 Å². The highest BCUT2D eigenvalue weighted by molar-refractivity contribution is 5.85. The van der Waals surface area contributed by atoms with Crippen molar-refractivity contribution >= 4 is 11.9 Å². The molecular formula is C15H19NO5. The first-order valence-electron chi connectivity index (χ1n) is 6.76. The summed E-state index contributed by atoms with van der Waals surface area (Å²) in [5.74, 6) is -0.0972. The van der Waals surface area contributed by atoms with Gasteiger partial charge in [0.2, 0.25) is 0 Å². The molecule has 1 saturated heterocycles. The molecule has 6 heteroatoms. The average Bonchev–Trinajstić information content (AvgIpc) is 2.52. The fourth-order valence-electron chi connectivity index (χ4n) is 2.17. The van der Waals surface area contributed by atoms with E-state index in [1.54, 1.807) is 6.07 Å². The monoisotopic (exact) mass is 293 g/mol. The van der Waals surface area contributed by atoms with E-state index in [1.807, 2.05) is 25.1 Å². The van der Waals surface area contributed by atoms with Gasteiger partial charge in [-0.05, 0) is 24.6 Å². The number of nitrogens with zero attached hydrogens (tertiary/aromatic N) is 1. The standard InChI is InChI=1S/C15H19NO5/c1-11-4-3-5-12(8-11)21-10-14(17)16-6-7-20-9-13(16)15(18)19-2/h3-5,8,13H,6-7,9-10H2,1-2H3. The van der Waals surface area contributed by atoms with Gasteiger partial charge in [-0.1, -0.05) is 12.1 Å². The minimum atomic E-state index is -0.697. The molecule has 1 aromatic carbocycles. The largest absolute Gasteiger partial charge is 0.484 e. The molecule has 2 rings (SSSR count). The molecule has 1 amide bonds. The summed E-state index contributed by atoms with van der Waals surface area (Å²) < 4.78 is 15.4. The third-order valence-electron chi connectivity index (χ3n) is 3.27. The Bertz CT molecular complexity index is 517. The minimum Gasteiger partial charge on any atom is -0.484 e. The number of ether oxygens (including phenoxy) is 3. The van der Waals surface area contributed by atoms with Gasteiger partial charge in [0.1, 0.15) is 5.75 Å². The second-order valence-electron chi connectivity index (χ2n) is 4.81. The molecule has 6 nitrogen and oxygen atoms in total. The number of aryl methyl sites for hydroxylation is 1. The first-order chi connectivity index (χ1) is 10.1. The zero-order valence-corrected chi connectivity index (χ0v) is 12.2. The van der Waals surface area contributed by atoms with Crippen molar-refractivity contribution in [1.29, 1.82) is 0 Å². The van der Waals surface area contributed by atoms with Crippen LogP contribution in [0.5, 0.6) is 5.75 Å². The van der Waals surface area contributed by atoms with Crippen molar-refractivity contribution < 1.29 is 23.8 Å². The summed E-state index contributed by atoms with van der Waals surface area (Å²) in [6.07, 6.45) is 0. The zero-order chi connectivity index (χ0) is 15.2. The summed E-state index contributed by atoms with van der Waals surface area (Å²) in [5.41, 5.74) is 1.05. The molecule has 114 valence electrons. The van der Waals surface area contributed by atoms with Gasteiger partial charge in [-0.25, -0.2) is 4.79 Å². The number of methoxy groups -OCH3 is 1. The third-order valence-corrected chi connectivity index (χ3v) is 3.27. The normalized spacial score (nSPS) is 18.2. The van der Waals surface area contributed by atoms with E-state index in [0.717, 1.165) is 5.56 Å². The van der Waals surface area contributed by atoms with Crippen LogP contribution in [0.3, 0.4) is 0 Å². The lowest BCUT2D eigenvalue weighted by Crippen LogP contribution is -2.54. The van der Waals surface area contributed by atoms with Gasteiger partial charge in [-0.3, -0.25) is 4.79 Å². The molecule has 0 spiro atoms. The summed E-state index contributed by atoms with van der Waals surface area (Å²) in [5, 5.41) is 0. The SMILES string of the molecule is COC(=O)C1COCCN1C(=O)COc1cccc(C)c1. The Morgan fingerprint density at radius 1 is 1.43 bits per heavy atom. The van der Waals surface area contributed by atoms with Crippen LogP contribution in [0.1, 0.15) is 5.56 Å². The van der Waals surface area contributed by atoms with E-state index in [4.69, 9.17) is 14.2 Å². The van der Waals surface area contributed by atoms with Crippen molar-refractivity contribution in [3.8, 4) is 5.75 Å². The van der Waals surface area contributed by atoms with Crippen LogP contribution in [0.15, 0.2) is 24.3 Å². The van der Waals surface area contributed by atoms with Crippen LogP contribution in [0.2, 0.25) is 0 Å². The smallest absolute Gasteiger partial charge is 0.331 e. The second kappa shape index (κ2) is 7.08. The maximum Gasteiger partial charge on any atom is 0.331 e. The molecule has 1 unspecified atom stereocenters. The Hall–Kier alpha value is -2.08. The number of benzene rings is 1. The Balaban J connectivity index is 1.96. The van der Waals surface area contributed by atoms with Crippen LogP contribution in [-0.4, -0.2) is 56.3 Å². The van der Waals surface area contributed by atoms with Crippen molar-refractivity contribution in [3.63, 3.8) is 0 Å². The second-order valence-corrected chi connectivity index (χ2v) is 4.81. The number of hydrogen-bond acceptors (Lipinski definition) is 5. The summed E-state index contributed by atoms with van der Waals surface area (Å²) in [4.78, 5) is 25.3. The van der Waals surface area contributed by atoms with Crippen LogP contribution in [0.25, 0.3) is 0 Å². The highest BCUT2D eigenvalue weighted by Crippen LogP contribution is 2.14. The van der Waals surface area contributed by atoms with E-state index >= 15 is 0 Å². The summed E-state index contributed by atoms with van der Waals surface area (Å²) in [7, 11) is 1.29. The molecular weight excluding hydrogens is 274 g/mol. The van der Waals surface area contributed by atoms with Gasteiger partial charge < -0.3 is 19.1 Å². The summed E-state index contributed by atoms with van der Waals surface area (Å²) >= 11 is 0. The molecule has 0 radical (unpaired) electrons. The lowest BCUT2D eigenvalue weighted by atomic mass is 10.2. The van der Waals surface area contributed by atoms with Gasteiger partial charge in [0.05, 0.1) is 20.3 Å². The lowest BCUT2D eigenvalue weighted by Gasteiger charge is -2.33. The topological polar surface area (TPSA) is 65.1 Å². The molecule has 0 bridgehead atoms. The number of hydrogen-bond donors (Lipinski definition) is 0. The van der Waals surface area contributed by atoms with Crippen LogP contribution >= 0.6 is 0 Å². The molecule has 1 aliphatic rings. The fraction of sp³-hybridized carbons (Fsp3) is 0.467. The van der Waals surface area contributed by atoms with Crippen molar-refractivity contribution in [2.75, 3.05) is 33.5 Å². The molecule has 0 saturated carbocycles. The molecule has 1 heterocycles. The van der Waals surface area contributed by atoms with E-state index in [2.05, 4.69) is 0 Å². The van der Waals surface area contributed by atoms with Crippen LogP contribution in [0, 0.1) is 6.92 Å². The summed E-state index contributed by atoms with van der Waals surface area (Å²) in [6.45, 7) is 2.75. The predicted molar refractivity (Wildman–Crippen MR) is 75.0 cm³/mol. The van der Waals surface area contributed by atoms with Gasteiger partial charge in [0.15, 0.2) is 12.6 Å². The van der Waals surface area contributed by atoms with Crippen LogP contribution in [-0.2, 0) is 19.1 Å². The molecule has 0 N–H and O–H groups in total. The molecule has 1 atom stereocenters. The Labute approximate surface area is 123 Å². The van der Waals surface area contributed by atoms with Crippen LogP contribution < -0.4 is 4.74 Å². The summed E-state index contributed by atoms with van der Waals surface area (Å²) in [6, 6.07) is 6.75. The van der Waals surface area contributed by atoms with E-state index in [0.29, 0.717) is 18.9 Å². The quantitative estimate of drug-likeness (QED) is 0.767. The maximum absolute atomic E-state index is 12.2. The molecule has 0 aliphatic carbocycles.